The summed E-state index contributed by atoms with van der Waals surface area (Å²) in [7, 11) is 0. The van der Waals surface area contributed by atoms with Gasteiger partial charge in [-0.3, -0.25) is 4.90 Å². The predicted octanol–water partition coefficient (Wildman–Crippen LogP) is 2.03. The highest BCUT2D eigenvalue weighted by Gasteiger charge is 2.26. The number of nitrogens with zero attached hydrogens (tertiary/aromatic N) is 1. The molecule has 0 aliphatic carbocycles. The van der Waals surface area contributed by atoms with E-state index in [1.54, 1.807) is 0 Å². The minimum Gasteiger partial charge on any atom is -0.494 e. The smallest absolute Gasteiger partial charge is 0.122 e. The Bertz CT molecular complexity index is 470. The maximum Gasteiger partial charge on any atom is 0.122 e. The van der Waals surface area contributed by atoms with E-state index in [4.69, 9.17) is 4.74 Å². The average Bonchev–Trinajstić information content (AvgIpc) is 2.52. The maximum atomic E-state index is 10.8. The molecule has 118 valence electrons. The molecule has 0 radical (unpaired) electrons. The third-order valence-electron chi connectivity index (χ3n) is 4.58. The van der Waals surface area contributed by atoms with Gasteiger partial charge in [-0.2, -0.15) is 0 Å². The molecule has 21 heavy (non-hydrogen) atoms. The highest BCUT2D eigenvalue weighted by atomic mass is 16.5. The van der Waals surface area contributed by atoms with Crippen LogP contribution in [0.5, 0.6) is 5.75 Å². The van der Waals surface area contributed by atoms with Crippen molar-refractivity contribution in [2.45, 2.75) is 39.8 Å². The van der Waals surface area contributed by atoms with Gasteiger partial charge in [-0.15, -0.1) is 0 Å². The van der Waals surface area contributed by atoms with Crippen molar-refractivity contribution in [1.82, 2.24) is 10.2 Å². The lowest BCUT2D eigenvalue weighted by molar-refractivity contribution is 0.0505. The van der Waals surface area contributed by atoms with Crippen LogP contribution in [0.15, 0.2) is 12.1 Å². The first kappa shape index (κ1) is 16.3. The number of aliphatic hydroxyl groups is 1. The fraction of sp³-hybridized carbons (Fsp3) is 0.647. The lowest BCUT2D eigenvalue weighted by Gasteiger charge is -2.36. The molecule has 0 amide bonds. The van der Waals surface area contributed by atoms with Crippen molar-refractivity contribution in [3.8, 4) is 5.75 Å². The molecular weight excluding hydrogens is 264 g/mol. The molecule has 2 atom stereocenters. The van der Waals surface area contributed by atoms with Gasteiger partial charge in [0.1, 0.15) is 5.75 Å². The van der Waals surface area contributed by atoms with Crippen LogP contribution in [0.1, 0.15) is 36.6 Å². The van der Waals surface area contributed by atoms with E-state index in [1.165, 1.54) is 0 Å². The Hall–Kier alpha value is -1.10. The van der Waals surface area contributed by atoms with Gasteiger partial charge in [0, 0.05) is 32.2 Å². The Kier molecular flexibility index (Phi) is 5.62. The van der Waals surface area contributed by atoms with Crippen molar-refractivity contribution in [3.63, 3.8) is 0 Å². The Morgan fingerprint density at radius 1 is 1.24 bits per heavy atom. The normalized spacial score (nSPS) is 19.3. The summed E-state index contributed by atoms with van der Waals surface area (Å²) in [5, 5.41) is 14.1. The van der Waals surface area contributed by atoms with Gasteiger partial charge in [0.2, 0.25) is 0 Å². The van der Waals surface area contributed by atoms with Gasteiger partial charge in [-0.25, -0.2) is 0 Å². The van der Waals surface area contributed by atoms with Gasteiger partial charge in [0.05, 0.1) is 12.7 Å². The highest BCUT2D eigenvalue weighted by Crippen LogP contribution is 2.30. The topological polar surface area (TPSA) is 44.7 Å². The van der Waals surface area contributed by atoms with E-state index in [2.05, 4.69) is 31.0 Å². The molecule has 0 spiro atoms. The first-order valence-electron chi connectivity index (χ1n) is 7.92. The summed E-state index contributed by atoms with van der Waals surface area (Å²) < 4.78 is 5.63. The number of hydrogen-bond acceptors (Lipinski definition) is 4. The van der Waals surface area contributed by atoms with Crippen LogP contribution in [0.3, 0.4) is 0 Å². The maximum absolute atomic E-state index is 10.8. The van der Waals surface area contributed by atoms with Crippen LogP contribution in [0.4, 0.5) is 0 Å². The zero-order valence-electron chi connectivity index (χ0n) is 13.6. The van der Waals surface area contributed by atoms with E-state index in [1.807, 2.05) is 19.1 Å². The second kappa shape index (κ2) is 7.25. The van der Waals surface area contributed by atoms with Crippen LogP contribution in [0.2, 0.25) is 0 Å². The summed E-state index contributed by atoms with van der Waals surface area (Å²) >= 11 is 0. The third kappa shape index (κ3) is 3.57. The minimum atomic E-state index is -0.461. The van der Waals surface area contributed by atoms with Crippen molar-refractivity contribution in [2.24, 2.45) is 0 Å². The van der Waals surface area contributed by atoms with E-state index >= 15 is 0 Å². The molecule has 4 nitrogen and oxygen atoms in total. The molecule has 1 aromatic rings. The third-order valence-corrected chi connectivity index (χ3v) is 4.58. The van der Waals surface area contributed by atoms with E-state index in [9.17, 15) is 5.11 Å². The first-order valence-corrected chi connectivity index (χ1v) is 7.92. The largest absolute Gasteiger partial charge is 0.494 e. The van der Waals surface area contributed by atoms with Gasteiger partial charge < -0.3 is 15.2 Å². The number of benzene rings is 1. The fourth-order valence-corrected chi connectivity index (χ4v) is 3.00. The minimum absolute atomic E-state index is 0.128. The fourth-order valence-electron chi connectivity index (χ4n) is 3.00. The molecule has 0 saturated carbocycles. The van der Waals surface area contributed by atoms with Gasteiger partial charge in [-0.05, 0) is 50.5 Å². The molecule has 1 aliphatic rings. The molecular formula is C17H28N2O2. The molecule has 1 aliphatic heterocycles. The van der Waals surface area contributed by atoms with E-state index in [0.29, 0.717) is 6.61 Å². The molecule has 1 saturated heterocycles. The monoisotopic (exact) mass is 292 g/mol. The predicted molar refractivity (Wildman–Crippen MR) is 85.9 cm³/mol. The molecule has 1 fully saturated rings. The second-order valence-corrected chi connectivity index (χ2v) is 5.81. The van der Waals surface area contributed by atoms with E-state index < -0.39 is 6.10 Å². The van der Waals surface area contributed by atoms with Crippen molar-refractivity contribution in [1.29, 1.82) is 0 Å². The standard InChI is InChI=1S/C17H28N2O2/c1-5-21-16-7-6-15(12(2)13(16)3)17(20)14(4)19-10-8-18-9-11-19/h6-7,14,17-18,20H,5,8-11H2,1-4H3. The molecule has 1 heterocycles. The SMILES string of the molecule is CCOc1ccc(C(O)C(C)N2CCNCC2)c(C)c1C. The molecule has 0 bridgehead atoms. The molecule has 2 unspecified atom stereocenters. The van der Waals surface area contributed by atoms with Crippen LogP contribution in [-0.2, 0) is 0 Å². The molecule has 2 rings (SSSR count). The molecule has 0 aromatic heterocycles. The number of ether oxygens (including phenoxy) is 1. The van der Waals surface area contributed by atoms with Crippen molar-refractivity contribution in [3.05, 3.63) is 28.8 Å². The van der Waals surface area contributed by atoms with E-state index in [0.717, 1.165) is 48.6 Å². The lowest BCUT2D eigenvalue weighted by Crippen LogP contribution is -2.49. The molecule has 1 aromatic carbocycles. The van der Waals surface area contributed by atoms with Gasteiger partial charge in [0.25, 0.3) is 0 Å². The summed E-state index contributed by atoms with van der Waals surface area (Å²) in [5.74, 6) is 0.917. The summed E-state index contributed by atoms with van der Waals surface area (Å²) in [4.78, 5) is 2.35. The summed E-state index contributed by atoms with van der Waals surface area (Å²) in [6, 6.07) is 4.12. The van der Waals surface area contributed by atoms with Gasteiger partial charge >= 0.3 is 0 Å². The zero-order chi connectivity index (χ0) is 15.4. The molecule has 4 heteroatoms. The lowest BCUT2D eigenvalue weighted by atomic mass is 9.94. The summed E-state index contributed by atoms with van der Waals surface area (Å²) in [6.45, 7) is 12.9. The van der Waals surface area contributed by atoms with E-state index in [-0.39, 0.29) is 6.04 Å². The highest BCUT2D eigenvalue weighted by molar-refractivity contribution is 5.44. The Balaban J connectivity index is 2.18. The molecule has 2 N–H and O–H groups in total. The van der Waals surface area contributed by atoms with Crippen LogP contribution in [0.25, 0.3) is 0 Å². The summed E-state index contributed by atoms with van der Waals surface area (Å²) in [6.07, 6.45) is -0.461. The second-order valence-electron chi connectivity index (χ2n) is 5.81. The number of rotatable bonds is 5. The van der Waals surface area contributed by atoms with Gasteiger partial charge in [0.15, 0.2) is 0 Å². The Morgan fingerprint density at radius 2 is 1.90 bits per heavy atom. The summed E-state index contributed by atoms with van der Waals surface area (Å²) in [5.41, 5.74) is 3.28. The van der Waals surface area contributed by atoms with Crippen molar-refractivity contribution in [2.75, 3.05) is 32.8 Å². The first-order chi connectivity index (χ1) is 10.1. The van der Waals surface area contributed by atoms with Crippen LogP contribution in [0, 0.1) is 13.8 Å². The number of hydrogen-bond donors (Lipinski definition) is 2. The van der Waals surface area contributed by atoms with Crippen LogP contribution >= 0.6 is 0 Å². The Morgan fingerprint density at radius 3 is 2.52 bits per heavy atom. The van der Waals surface area contributed by atoms with Gasteiger partial charge in [-0.1, -0.05) is 6.07 Å². The van der Waals surface area contributed by atoms with Crippen LogP contribution in [-0.4, -0.2) is 48.8 Å². The number of aliphatic hydroxyl groups excluding tert-OH is 1. The Labute approximate surface area is 128 Å². The zero-order valence-corrected chi connectivity index (χ0v) is 13.6. The average molecular weight is 292 g/mol. The van der Waals surface area contributed by atoms with Crippen molar-refractivity contribution < 1.29 is 9.84 Å². The quantitative estimate of drug-likeness (QED) is 0.871. The van der Waals surface area contributed by atoms with Crippen LogP contribution < -0.4 is 10.1 Å². The van der Waals surface area contributed by atoms with Crippen molar-refractivity contribution >= 4 is 0 Å². The number of piperazine rings is 1. The number of nitrogens with one attached hydrogen (secondary N) is 1.